The smallest absolute Gasteiger partial charge is 0.266 e. The van der Waals surface area contributed by atoms with Gasteiger partial charge in [-0.3, -0.25) is 9.48 Å². The Morgan fingerprint density at radius 3 is 2.77 bits per heavy atom. The van der Waals surface area contributed by atoms with Crippen LogP contribution in [0.1, 0.15) is 11.3 Å². The second-order valence-electron chi connectivity index (χ2n) is 4.67. The largest absolute Gasteiger partial charge is 0.495 e. The van der Waals surface area contributed by atoms with Gasteiger partial charge in [-0.25, -0.2) is 0 Å². The topological polar surface area (TPSA) is 79.9 Å². The Balaban J connectivity index is 2.27. The molecule has 1 amide bonds. The van der Waals surface area contributed by atoms with E-state index >= 15 is 0 Å². The van der Waals surface area contributed by atoms with Crippen molar-refractivity contribution in [3.05, 3.63) is 47.3 Å². The van der Waals surface area contributed by atoms with E-state index in [4.69, 9.17) is 4.74 Å². The Bertz CT molecular complexity index is 769. The summed E-state index contributed by atoms with van der Waals surface area (Å²) in [7, 11) is 3.30. The number of nitrogens with one attached hydrogen (secondary N) is 1. The number of aromatic nitrogens is 2. The minimum absolute atomic E-state index is 0.00186. The van der Waals surface area contributed by atoms with E-state index in [1.807, 2.05) is 13.0 Å². The lowest BCUT2D eigenvalue weighted by molar-refractivity contribution is -0.112. The standard InChI is InChI=1S/C16H16N4O2/c1-11-13(10-20(2)19-11)8-12(9-17)16(21)18-14-6-4-5-7-15(14)22-3/h4-8,10H,1-3H3,(H,18,21)/b12-8+. The van der Waals surface area contributed by atoms with Crippen molar-refractivity contribution in [3.63, 3.8) is 0 Å². The Kier molecular flexibility index (Phi) is 4.59. The van der Waals surface area contributed by atoms with Gasteiger partial charge in [0.25, 0.3) is 5.91 Å². The van der Waals surface area contributed by atoms with Crippen molar-refractivity contribution in [1.82, 2.24) is 9.78 Å². The molecule has 112 valence electrons. The van der Waals surface area contributed by atoms with Crippen LogP contribution >= 0.6 is 0 Å². The molecule has 0 spiro atoms. The normalized spacial score (nSPS) is 10.9. The van der Waals surface area contributed by atoms with Gasteiger partial charge in [0, 0.05) is 18.8 Å². The molecule has 1 aromatic heterocycles. The molecule has 0 radical (unpaired) electrons. The van der Waals surface area contributed by atoms with Crippen LogP contribution in [-0.2, 0) is 11.8 Å². The number of hydrogen-bond donors (Lipinski definition) is 1. The molecule has 1 N–H and O–H groups in total. The molecule has 6 heteroatoms. The van der Waals surface area contributed by atoms with Gasteiger partial charge in [-0.15, -0.1) is 0 Å². The van der Waals surface area contributed by atoms with Crippen molar-refractivity contribution in [2.75, 3.05) is 12.4 Å². The van der Waals surface area contributed by atoms with Gasteiger partial charge in [0.05, 0.1) is 18.5 Å². The first-order chi connectivity index (χ1) is 10.5. The maximum absolute atomic E-state index is 12.2. The molecule has 1 heterocycles. The third-order valence-electron chi connectivity index (χ3n) is 3.07. The second kappa shape index (κ2) is 6.59. The van der Waals surface area contributed by atoms with E-state index in [1.54, 1.807) is 42.2 Å². The first-order valence-electron chi connectivity index (χ1n) is 6.61. The fourth-order valence-electron chi connectivity index (χ4n) is 2.00. The zero-order valence-electron chi connectivity index (χ0n) is 12.6. The lowest BCUT2D eigenvalue weighted by Gasteiger charge is -2.09. The number of aryl methyl sites for hydroxylation is 2. The average molecular weight is 296 g/mol. The van der Waals surface area contributed by atoms with Crippen molar-refractivity contribution < 1.29 is 9.53 Å². The fourth-order valence-corrected chi connectivity index (χ4v) is 2.00. The zero-order chi connectivity index (χ0) is 16.1. The van der Waals surface area contributed by atoms with Crippen LogP contribution in [0.3, 0.4) is 0 Å². The van der Waals surface area contributed by atoms with Gasteiger partial charge < -0.3 is 10.1 Å². The summed E-state index contributed by atoms with van der Waals surface area (Å²) in [6.07, 6.45) is 3.27. The van der Waals surface area contributed by atoms with Crippen molar-refractivity contribution in [1.29, 1.82) is 5.26 Å². The van der Waals surface area contributed by atoms with E-state index in [0.29, 0.717) is 11.4 Å². The molecule has 0 aliphatic carbocycles. The predicted octanol–water partition coefficient (Wildman–Crippen LogP) is 2.28. The molecule has 0 atom stereocenters. The molecule has 2 aromatic rings. The zero-order valence-corrected chi connectivity index (χ0v) is 12.6. The number of amides is 1. The number of nitriles is 1. The van der Waals surface area contributed by atoms with Crippen molar-refractivity contribution in [3.8, 4) is 11.8 Å². The van der Waals surface area contributed by atoms with Crippen molar-refractivity contribution in [2.45, 2.75) is 6.92 Å². The predicted molar refractivity (Wildman–Crippen MR) is 83.2 cm³/mol. The number of methoxy groups -OCH3 is 1. The van der Waals surface area contributed by atoms with Crippen LogP contribution < -0.4 is 10.1 Å². The molecule has 2 rings (SSSR count). The summed E-state index contributed by atoms with van der Waals surface area (Å²) in [5.74, 6) is 0.0425. The minimum atomic E-state index is -0.491. The summed E-state index contributed by atoms with van der Waals surface area (Å²) in [4.78, 5) is 12.2. The SMILES string of the molecule is COc1ccccc1NC(=O)/C(C#N)=C/c1cn(C)nc1C. The third-order valence-corrected chi connectivity index (χ3v) is 3.07. The van der Waals surface area contributed by atoms with Gasteiger partial charge in [-0.05, 0) is 25.1 Å². The Labute approximate surface area is 128 Å². The third kappa shape index (κ3) is 3.33. The van der Waals surface area contributed by atoms with Gasteiger partial charge in [-0.1, -0.05) is 12.1 Å². The lowest BCUT2D eigenvalue weighted by Crippen LogP contribution is -2.14. The number of para-hydroxylation sites is 2. The van der Waals surface area contributed by atoms with Gasteiger partial charge in [-0.2, -0.15) is 10.4 Å². The highest BCUT2D eigenvalue weighted by atomic mass is 16.5. The van der Waals surface area contributed by atoms with Crippen LogP contribution in [0.25, 0.3) is 6.08 Å². The van der Waals surface area contributed by atoms with E-state index in [0.717, 1.165) is 11.3 Å². The maximum Gasteiger partial charge on any atom is 0.266 e. The van der Waals surface area contributed by atoms with E-state index in [2.05, 4.69) is 10.4 Å². The number of benzene rings is 1. The van der Waals surface area contributed by atoms with Crippen LogP contribution in [0.15, 0.2) is 36.0 Å². The molecule has 6 nitrogen and oxygen atoms in total. The van der Waals surface area contributed by atoms with Crippen LogP contribution in [0.4, 0.5) is 5.69 Å². The maximum atomic E-state index is 12.2. The van der Waals surface area contributed by atoms with E-state index in [-0.39, 0.29) is 5.57 Å². The van der Waals surface area contributed by atoms with Crippen LogP contribution in [-0.4, -0.2) is 22.8 Å². The summed E-state index contributed by atoms with van der Waals surface area (Å²) in [5.41, 5.74) is 2.00. The Morgan fingerprint density at radius 1 is 1.45 bits per heavy atom. The number of rotatable bonds is 4. The lowest BCUT2D eigenvalue weighted by atomic mass is 10.1. The van der Waals surface area contributed by atoms with Crippen molar-refractivity contribution in [2.24, 2.45) is 7.05 Å². The monoisotopic (exact) mass is 296 g/mol. The molecule has 0 bridgehead atoms. The summed E-state index contributed by atoms with van der Waals surface area (Å²) in [5, 5.41) is 16.1. The molecule has 22 heavy (non-hydrogen) atoms. The summed E-state index contributed by atoms with van der Waals surface area (Å²) >= 11 is 0. The number of nitrogens with zero attached hydrogens (tertiary/aromatic N) is 3. The van der Waals surface area contributed by atoms with E-state index in [9.17, 15) is 10.1 Å². The summed E-state index contributed by atoms with van der Waals surface area (Å²) in [6, 6.07) is 8.93. The number of carbonyl (C=O) groups is 1. The summed E-state index contributed by atoms with van der Waals surface area (Å²) in [6.45, 7) is 1.82. The highest BCUT2D eigenvalue weighted by Crippen LogP contribution is 2.23. The Hall–Kier alpha value is -3.07. The molecule has 1 aromatic carbocycles. The fraction of sp³-hybridized carbons (Fsp3) is 0.188. The number of carbonyl (C=O) groups excluding carboxylic acids is 1. The Morgan fingerprint density at radius 2 is 2.18 bits per heavy atom. The average Bonchev–Trinajstić information content (AvgIpc) is 2.82. The molecular formula is C16H16N4O2. The number of hydrogen-bond acceptors (Lipinski definition) is 4. The molecular weight excluding hydrogens is 280 g/mol. The van der Waals surface area contributed by atoms with Crippen LogP contribution in [0.5, 0.6) is 5.75 Å². The molecule has 0 aliphatic heterocycles. The second-order valence-corrected chi connectivity index (χ2v) is 4.67. The highest BCUT2D eigenvalue weighted by molar-refractivity contribution is 6.10. The van der Waals surface area contributed by atoms with Crippen LogP contribution in [0.2, 0.25) is 0 Å². The summed E-state index contributed by atoms with van der Waals surface area (Å²) < 4.78 is 6.80. The number of anilines is 1. The highest BCUT2D eigenvalue weighted by Gasteiger charge is 2.13. The van der Waals surface area contributed by atoms with Gasteiger partial charge >= 0.3 is 0 Å². The number of ether oxygens (including phenoxy) is 1. The quantitative estimate of drug-likeness (QED) is 0.693. The molecule has 0 saturated carbocycles. The molecule has 0 saturated heterocycles. The van der Waals surface area contributed by atoms with E-state index < -0.39 is 5.91 Å². The van der Waals surface area contributed by atoms with E-state index in [1.165, 1.54) is 13.2 Å². The minimum Gasteiger partial charge on any atom is -0.495 e. The molecule has 0 unspecified atom stereocenters. The van der Waals surface area contributed by atoms with Gasteiger partial charge in [0.1, 0.15) is 17.4 Å². The van der Waals surface area contributed by atoms with Crippen LogP contribution in [0, 0.1) is 18.3 Å². The van der Waals surface area contributed by atoms with Crippen molar-refractivity contribution >= 4 is 17.7 Å². The van der Waals surface area contributed by atoms with Gasteiger partial charge in [0.15, 0.2) is 0 Å². The molecule has 0 aliphatic rings. The molecule has 0 fully saturated rings. The first kappa shape index (κ1) is 15.3. The van der Waals surface area contributed by atoms with Gasteiger partial charge in [0.2, 0.25) is 0 Å². The first-order valence-corrected chi connectivity index (χ1v) is 6.61.